The number of hydrogen-bond acceptors (Lipinski definition) is 3. The van der Waals surface area contributed by atoms with Crippen molar-refractivity contribution in [2.45, 2.75) is 24.2 Å². The molecule has 0 saturated carbocycles. The van der Waals surface area contributed by atoms with E-state index in [-0.39, 0.29) is 11.2 Å². The van der Waals surface area contributed by atoms with Crippen LogP contribution in [0, 0.1) is 0 Å². The summed E-state index contributed by atoms with van der Waals surface area (Å²) < 4.78 is 0. The third kappa shape index (κ3) is 2.07. The number of carbonyl (C=O) groups is 1. The number of thioether (sulfide) groups is 1. The number of para-hydroxylation sites is 1. The molecule has 4 heteroatoms. The van der Waals surface area contributed by atoms with Gasteiger partial charge in [0.25, 0.3) is 0 Å². The van der Waals surface area contributed by atoms with Crippen molar-refractivity contribution in [2.75, 3.05) is 18.2 Å². The largest absolute Gasteiger partial charge is 0.385 e. The predicted octanol–water partition coefficient (Wildman–Crippen LogP) is 1.99. The molecule has 0 spiro atoms. The van der Waals surface area contributed by atoms with E-state index in [4.69, 9.17) is 0 Å². The van der Waals surface area contributed by atoms with Gasteiger partial charge in [-0.1, -0.05) is 18.2 Å². The zero-order valence-corrected chi connectivity index (χ0v) is 11.1. The van der Waals surface area contributed by atoms with E-state index >= 15 is 0 Å². The molecule has 1 amide bonds. The second-order valence-corrected chi connectivity index (χ2v) is 5.66. The molecule has 1 aliphatic heterocycles. The summed E-state index contributed by atoms with van der Waals surface area (Å²) in [7, 11) is 1.77. The normalized spacial score (nSPS) is 28.8. The van der Waals surface area contributed by atoms with E-state index in [9.17, 15) is 9.90 Å². The molecule has 0 bridgehead atoms. The number of amides is 1. The first-order valence-electron chi connectivity index (χ1n) is 5.59. The number of benzene rings is 1. The van der Waals surface area contributed by atoms with E-state index in [0.717, 1.165) is 11.3 Å². The smallest absolute Gasteiger partial charge is 0.239 e. The minimum absolute atomic E-state index is 0.0581. The molecule has 2 rings (SSSR count). The summed E-state index contributed by atoms with van der Waals surface area (Å²) in [6.07, 6.45) is 2.36. The maximum atomic E-state index is 12.2. The maximum Gasteiger partial charge on any atom is 0.239 e. The highest BCUT2D eigenvalue weighted by molar-refractivity contribution is 7.99. The minimum atomic E-state index is -0.954. The third-order valence-electron chi connectivity index (χ3n) is 3.32. The summed E-state index contributed by atoms with van der Waals surface area (Å²) in [6.45, 7) is 1.78. The van der Waals surface area contributed by atoms with Crippen LogP contribution in [-0.2, 0) is 10.4 Å². The fourth-order valence-electron chi connectivity index (χ4n) is 2.30. The standard InChI is InChI=1S/C13H17NO2S/c1-13(16)8-11(17-3)12(15)14(2)10-7-5-4-6-9(10)13/h4-7,11,16H,8H2,1-3H3. The van der Waals surface area contributed by atoms with Crippen LogP contribution >= 0.6 is 11.8 Å². The van der Waals surface area contributed by atoms with Crippen LogP contribution in [-0.4, -0.2) is 29.6 Å². The number of carbonyl (C=O) groups excluding carboxylic acids is 1. The van der Waals surface area contributed by atoms with E-state index in [2.05, 4.69) is 0 Å². The highest BCUT2D eigenvalue weighted by Gasteiger charge is 2.38. The molecule has 2 unspecified atom stereocenters. The molecule has 1 aromatic rings. The topological polar surface area (TPSA) is 40.5 Å². The number of aliphatic hydroxyl groups is 1. The van der Waals surface area contributed by atoms with Crippen LogP contribution in [0.3, 0.4) is 0 Å². The van der Waals surface area contributed by atoms with Crippen LogP contribution in [0.15, 0.2) is 24.3 Å². The van der Waals surface area contributed by atoms with Crippen molar-refractivity contribution in [3.8, 4) is 0 Å². The monoisotopic (exact) mass is 251 g/mol. The van der Waals surface area contributed by atoms with Crippen LogP contribution in [0.4, 0.5) is 5.69 Å². The van der Waals surface area contributed by atoms with Crippen LogP contribution in [0.2, 0.25) is 0 Å². The molecular weight excluding hydrogens is 234 g/mol. The molecule has 1 aliphatic rings. The van der Waals surface area contributed by atoms with Crippen molar-refractivity contribution >= 4 is 23.4 Å². The Morgan fingerprint density at radius 1 is 1.47 bits per heavy atom. The fraction of sp³-hybridized carbons (Fsp3) is 0.462. The fourth-order valence-corrected chi connectivity index (χ4v) is 3.15. The average Bonchev–Trinajstić information content (AvgIpc) is 2.40. The Bertz CT molecular complexity index is 445. The Morgan fingerprint density at radius 3 is 2.76 bits per heavy atom. The SMILES string of the molecule is CSC1CC(C)(O)c2ccccc2N(C)C1=O. The quantitative estimate of drug-likeness (QED) is 0.830. The van der Waals surface area contributed by atoms with Gasteiger partial charge in [0, 0.05) is 24.7 Å². The van der Waals surface area contributed by atoms with Gasteiger partial charge in [-0.15, -0.1) is 0 Å². The van der Waals surface area contributed by atoms with Gasteiger partial charge in [-0.2, -0.15) is 11.8 Å². The van der Waals surface area contributed by atoms with Crippen LogP contribution < -0.4 is 4.90 Å². The third-order valence-corrected chi connectivity index (χ3v) is 4.26. The van der Waals surface area contributed by atoms with Crippen molar-refractivity contribution in [1.29, 1.82) is 0 Å². The van der Waals surface area contributed by atoms with Crippen molar-refractivity contribution in [2.24, 2.45) is 0 Å². The van der Waals surface area contributed by atoms with E-state index in [1.54, 1.807) is 18.9 Å². The molecule has 0 saturated heterocycles. The molecule has 2 atom stereocenters. The minimum Gasteiger partial charge on any atom is -0.385 e. The van der Waals surface area contributed by atoms with Gasteiger partial charge in [-0.05, 0) is 19.2 Å². The highest BCUT2D eigenvalue weighted by atomic mass is 32.2. The number of nitrogens with zero attached hydrogens (tertiary/aromatic N) is 1. The molecule has 0 aromatic heterocycles. The van der Waals surface area contributed by atoms with Crippen molar-refractivity contribution in [1.82, 2.24) is 0 Å². The summed E-state index contributed by atoms with van der Waals surface area (Å²) in [5.74, 6) is 0.0581. The lowest BCUT2D eigenvalue weighted by Crippen LogP contribution is -2.34. The Hall–Kier alpha value is -1.00. The number of rotatable bonds is 1. The average molecular weight is 251 g/mol. The molecule has 1 aromatic carbocycles. The van der Waals surface area contributed by atoms with E-state index in [0.29, 0.717) is 6.42 Å². The molecule has 0 fully saturated rings. The van der Waals surface area contributed by atoms with Crippen molar-refractivity contribution < 1.29 is 9.90 Å². The number of fused-ring (bicyclic) bond motifs is 1. The molecule has 17 heavy (non-hydrogen) atoms. The molecule has 92 valence electrons. The zero-order valence-electron chi connectivity index (χ0n) is 10.3. The second-order valence-electron chi connectivity index (χ2n) is 4.62. The zero-order chi connectivity index (χ0) is 12.6. The lowest BCUT2D eigenvalue weighted by molar-refractivity contribution is -0.118. The van der Waals surface area contributed by atoms with Gasteiger partial charge in [-0.25, -0.2) is 0 Å². The van der Waals surface area contributed by atoms with Gasteiger partial charge >= 0.3 is 0 Å². The first-order chi connectivity index (χ1) is 7.97. The van der Waals surface area contributed by atoms with Crippen molar-refractivity contribution in [3.05, 3.63) is 29.8 Å². The second kappa shape index (κ2) is 4.35. The van der Waals surface area contributed by atoms with E-state index < -0.39 is 5.60 Å². The van der Waals surface area contributed by atoms with Crippen LogP contribution in [0.1, 0.15) is 18.9 Å². The van der Waals surface area contributed by atoms with Gasteiger partial charge in [0.15, 0.2) is 0 Å². The predicted molar refractivity (Wildman–Crippen MR) is 71.3 cm³/mol. The van der Waals surface area contributed by atoms with Crippen molar-refractivity contribution in [3.63, 3.8) is 0 Å². The molecular formula is C13H17NO2S. The molecule has 0 aliphatic carbocycles. The summed E-state index contributed by atoms with van der Waals surface area (Å²) in [6, 6.07) is 7.55. The Kier molecular flexibility index (Phi) is 3.19. The molecule has 1 heterocycles. The Morgan fingerprint density at radius 2 is 2.12 bits per heavy atom. The van der Waals surface area contributed by atoms with Crippen LogP contribution in [0.5, 0.6) is 0 Å². The molecule has 3 nitrogen and oxygen atoms in total. The molecule has 0 radical (unpaired) electrons. The highest BCUT2D eigenvalue weighted by Crippen LogP contribution is 2.39. The lowest BCUT2D eigenvalue weighted by atomic mass is 9.91. The maximum absolute atomic E-state index is 12.2. The molecule has 1 N–H and O–H groups in total. The van der Waals surface area contributed by atoms with E-state index in [1.807, 2.05) is 30.5 Å². The van der Waals surface area contributed by atoms with Gasteiger partial charge in [0.05, 0.1) is 10.9 Å². The summed E-state index contributed by atoms with van der Waals surface area (Å²) >= 11 is 1.49. The van der Waals surface area contributed by atoms with Crippen LogP contribution in [0.25, 0.3) is 0 Å². The first kappa shape index (κ1) is 12.5. The summed E-state index contributed by atoms with van der Waals surface area (Å²) in [4.78, 5) is 13.9. The Balaban J connectivity index is 2.57. The lowest BCUT2D eigenvalue weighted by Gasteiger charge is -2.25. The number of anilines is 1. The Labute approximate surface area is 106 Å². The number of hydrogen-bond donors (Lipinski definition) is 1. The van der Waals surface area contributed by atoms with Gasteiger partial charge in [-0.3, -0.25) is 4.79 Å². The summed E-state index contributed by atoms with van der Waals surface area (Å²) in [5.41, 5.74) is 0.677. The van der Waals surface area contributed by atoms with Gasteiger partial charge in [0.2, 0.25) is 5.91 Å². The first-order valence-corrected chi connectivity index (χ1v) is 6.88. The van der Waals surface area contributed by atoms with E-state index in [1.165, 1.54) is 11.8 Å². The summed E-state index contributed by atoms with van der Waals surface area (Å²) in [5, 5.41) is 10.4. The van der Waals surface area contributed by atoms with Gasteiger partial charge in [0.1, 0.15) is 0 Å². The van der Waals surface area contributed by atoms with Gasteiger partial charge < -0.3 is 10.0 Å².